The minimum Gasteiger partial charge on any atom is -0.351 e. The molecule has 0 aliphatic carbocycles. The lowest BCUT2D eigenvalue weighted by molar-refractivity contribution is -0.148. The molecule has 0 radical (unpaired) electrons. The third kappa shape index (κ3) is 5.57. The van der Waals surface area contributed by atoms with E-state index in [4.69, 9.17) is 0 Å². The summed E-state index contributed by atoms with van der Waals surface area (Å²) in [5, 5.41) is 12.4. The van der Waals surface area contributed by atoms with E-state index in [1.54, 1.807) is 0 Å². The number of nitrogens with one attached hydrogen (secondary N) is 2. The molecule has 0 spiro atoms. The van der Waals surface area contributed by atoms with Crippen LogP contribution in [0.5, 0.6) is 0 Å². The second kappa shape index (κ2) is 9.84. The van der Waals surface area contributed by atoms with Gasteiger partial charge in [-0.15, -0.1) is 10.2 Å². The number of carbonyl (C=O) groups excluding carboxylic acids is 2. The molecular weight excluding hydrogens is 482 g/mol. The lowest BCUT2D eigenvalue weighted by atomic mass is 10.0. The zero-order valence-corrected chi connectivity index (χ0v) is 18.3. The summed E-state index contributed by atoms with van der Waals surface area (Å²) in [6.07, 6.45) is -3.98. The number of carbonyl (C=O) groups is 2. The van der Waals surface area contributed by atoms with Gasteiger partial charge in [0.1, 0.15) is 5.82 Å². The molecule has 2 aromatic rings. The van der Waals surface area contributed by atoms with Gasteiger partial charge in [-0.2, -0.15) is 13.2 Å². The van der Waals surface area contributed by atoms with Crippen molar-refractivity contribution < 1.29 is 35.9 Å². The monoisotopic (exact) mass is 504 g/mol. The summed E-state index contributed by atoms with van der Waals surface area (Å²) in [6.45, 7) is 0.168. The fourth-order valence-electron chi connectivity index (χ4n) is 4.29. The number of benzene rings is 1. The first-order valence-electron chi connectivity index (χ1n) is 11.0. The Morgan fingerprint density at radius 3 is 2.54 bits per heavy atom. The molecule has 2 atom stereocenters. The van der Waals surface area contributed by atoms with E-state index in [0.29, 0.717) is 25.1 Å². The van der Waals surface area contributed by atoms with E-state index < -0.39 is 53.4 Å². The average Bonchev–Trinajstić information content (AvgIpc) is 3.46. The highest BCUT2D eigenvalue weighted by Gasteiger charge is 2.40. The molecule has 190 valence electrons. The summed E-state index contributed by atoms with van der Waals surface area (Å²) in [5.74, 6) is -5.81. The highest BCUT2D eigenvalue weighted by molar-refractivity contribution is 5.83. The quantitative estimate of drug-likeness (QED) is 0.464. The van der Waals surface area contributed by atoms with Gasteiger partial charge in [0.05, 0.1) is 12.6 Å². The molecule has 0 bridgehead atoms. The SMILES string of the molecule is O=C(NC(CC(=O)N1CCn2c(nnc2C(F)(F)F)C1)Cc1cc(F)c(F)cc1F)C1CCCN1. The van der Waals surface area contributed by atoms with Crippen LogP contribution in [0.1, 0.15) is 36.5 Å². The number of nitrogens with zero attached hydrogens (tertiary/aromatic N) is 4. The Bertz CT molecular complexity index is 1110. The van der Waals surface area contributed by atoms with Crippen LogP contribution in [0.2, 0.25) is 0 Å². The molecule has 4 rings (SSSR count). The maximum absolute atomic E-state index is 14.2. The molecule has 8 nitrogen and oxygen atoms in total. The average molecular weight is 504 g/mol. The molecule has 1 aromatic carbocycles. The Balaban J connectivity index is 1.49. The van der Waals surface area contributed by atoms with E-state index in [-0.39, 0.29) is 43.9 Å². The van der Waals surface area contributed by atoms with Gasteiger partial charge in [0, 0.05) is 31.6 Å². The number of hydrogen-bond acceptors (Lipinski definition) is 5. The number of hydrogen-bond donors (Lipinski definition) is 2. The fraction of sp³-hybridized carbons (Fsp3) is 0.524. The normalized spacial score (nSPS) is 18.9. The van der Waals surface area contributed by atoms with Gasteiger partial charge in [0.15, 0.2) is 17.5 Å². The Labute approximate surface area is 195 Å². The van der Waals surface area contributed by atoms with Crippen molar-refractivity contribution in [2.45, 2.75) is 57.0 Å². The third-order valence-corrected chi connectivity index (χ3v) is 6.06. The van der Waals surface area contributed by atoms with Crippen LogP contribution in [0.4, 0.5) is 26.3 Å². The van der Waals surface area contributed by atoms with Crippen LogP contribution < -0.4 is 10.6 Å². The molecule has 2 aliphatic heterocycles. The first-order valence-corrected chi connectivity index (χ1v) is 11.0. The van der Waals surface area contributed by atoms with E-state index in [9.17, 15) is 35.9 Å². The maximum Gasteiger partial charge on any atom is 0.451 e. The largest absolute Gasteiger partial charge is 0.451 e. The van der Waals surface area contributed by atoms with Crippen molar-refractivity contribution in [3.05, 3.63) is 46.8 Å². The number of amides is 2. The Kier molecular flexibility index (Phi) is 7.01. The standard InChI is InChI=1S/C21H22F6N6O2/c22-13-9-15(24)14(23)7-11(13)6-12(29-19(35)16-2-1-3-28-16)8-18(34)32-4-5-33-17(10-32)30-31-20(33)21(25,26)27/h7,9,12,16,28H,1-6,8,10H2,(H,29,35). The smallest absolute Gasteiger partial charge is 0.351 e. The predicted molar refractivity (Wildman–Crippen MR) is 108 cm³/mol. The molecule has 1 fully saturated rings. The van der Waals surface area contributed by atoms with Crippen molar-refractivity contribution in [3.63, 3.8) is 0 Å². The van der Waals surface area contributed by atoms with Gasteiger partial charge >= 0.3 is 6.18 Å². The van der Waals surface area contributed by atoms with E-state index in [2.05, 4.69) is 20.8 Å². The maximum atomic E-state index is 14.2. The summed E-state index contributed by atoms with van der Waals surface area (Å²) in [6, 6.07) is -0.414. The summed E-state index contributed by atoms with van der Waals surface area (Å²) in [4.78, 5) is 26.9. The summed E-state index contributed by atoms with van der Waals surface area (Å²) >= 11 is 0. The molecule has 35 heavy (non-hydrogen) atoms. The van der Waals surface area contributed by atoms with Crippen LogP contribution in [0.25, 0.3) is 0 Å². The van der Waals surface area contributed by atoms with Crippen LogP contribution in [0.15, 0.2) is 12.1 Å². The highest BCUT2D eigenvalue weighted by atomic mass is 19.4. The van der Waals surface area contributed by atoms with Crippen molar-refractivity contribution in [3.8, 4) is 0 Å². The fourth-order valence-corrected chi connectivity index (χ4v) is 4.29. The molecule has 2 aliphatic rings. The van der Waals surface area contributed by atoms with Crippen molar-refractivity contribution >= 4 is 11.8 Å². The third-order valence-electron chi connectivity index (χ3n) is 6.06. The van der Waals surface area contributed by atoms with Crippen LogP contribution in [-0.2, 0) is 35.3 Å². The lowest BCUT2D eigenvalue weighted by Gasteiger charge is -2.30. The molecule has 1 aromatic heterocycles. The highest BCUT2D eigenvalue weighted by Crippen LogP contribution is 2.29. The van der Waals surface area contributed by atoms with Gasteiger partial charge in [-0.3, -0.25) is 9.59 Å². The molecule has 14 heteroatoms. The molecule has 2 N–H and O–H groups in total. The van der Waals surface area contributed by atoms with Crippen molar-refractivity contribution in [1.82, 2.24) is 30.3 Å². The van der Waals surface area contributed by atoms with E-state index in [1.807, 2.05) is 0 Å². The Morgan fingerprint density at radius 1 is 1.11 bits per heavy atom. The zero-order chi connectivity index (χ0) is 25.3. The predicted octanol–water partition coefficient (Wildman–Crippen LogP) is 1.93. The second-order valence-corrected chi connectivity index (χ2v) is 8.52. The van der Waals surface area contributed by atoms with Gasteiger partial charge in [-0.1, -0.05) is 0 Å². The minimum atomic E-state index is -4.68. The van der Waals surface area contributed by atoms with Crippen molar-refractivity contribution in [2.75, 3.05) is 13.1 Å². The number of fused-ring (bicyclic) bond motifs is 1. The molecular formula is C21H22F6N6O2. The first kappa shape index (κ1) is 24.9. The number of rotatable bonds is 6. The molecule has 3 heterocycles. The molecule has 1 saturated heterocycles. The summed E-state index contributed by atoms with van der Waals surface area (Å²) < 4.78 is 81.3. The zero-order valence-electron chi connectivity index (χ0n) is 18.3. The second-order valence-electron chi connectivity index (χ2n) is 8.52. The van der Waals surface area contributed by atoms with Gasteiger partial charge in [-0.25, -0.2) is 13.2 Å². The van der Waals surface area contributed by atoms with Crippen LogP contribution in [0, 0.1) is 17.5 Å². The molecule has 0 saturated carbocycles. The van der Waals surface area contributed by atoms with Gasteiger partial charge < -0.3 is 20.1 Å². The molecule has 2 amide bonds. The molecule has 2 unspecified atom stereocenters. The van der Waals surface area contributed by atoms with Gasteiger partial charge in [-0.05, 0) is 37.4 Å². The van der Waals surface area contributed by atoms with Crippen molar-refractivity contribution in [1.29, 1.82) is 0 Å². The number of aromatic nitrogens is 3. The number of alkyl halides is 3. The van der Waals surface area contributed by atoms with Gasteiger partial charge in [0.25, 0.3) is 0 Å². The lowest BCUT2D eigenvalue weighted by Crippen LogP contribution is -2.48. The van der Waals surface area contributed by atoms with Crippen LogP contribution >= 0.6 is 0 Å². The summed E-state index contributed by atoms with van der Waals surface area (Å²) in [5.41, 5.74) is -0.227. The van der Waals surface area contributed by atoms with E-state index in [1.165, 1.54) is 4.90 Å². The Hall–Kier alpha value is -3.16. The van der Waals surface area contributed by atoms with Crippen molar-refractivity contribution in [2.24, 2.45) is 0 Å². The van der Waals surface area contributed by atoms with E-state index >= 15 is 0 Å². The van der Waals surface area contributed by atoms with E-state index in [0.717, 1.165) is 11.0 Å². The summed E-state index contributed by atoms with van der Waals surface area (Å²) in [7, 11) is 0. The minimum absolute atomic E-state index is 0.0423. The number of halogens is 6. The Morgan fingerprint density at radius 2 is 1.86 bits per heavy atom. The van der Waals surface area contributed by atoms with Gasteiger partial charge in [0.2, 0.25) is 17.6 Å². The first-order chi connectivity index (χ1) is 16.5. The van der Waals surface area contributed by atoms with Crippen LogP contribution in [-0.4, -0.2) is 56.7 Å². The van der Waals surface area contributed by atoms with Crippen LogP contribution in [0.3, 0.4) is 0 Å². The topological polar surface area (TPSA) is 92.2 Å².